The molecule has 1 aromatic carbocycles. The van der Waals surface area contributed by atoms with Gasteiger partial charge in [0.1, 0.15) is 5.75 Å². The van der Waals surface area contributed by atoms with Gasteiger partial charge in [-0.15, -0.1) is 0 Å². The van der Waals surface area contributed by atoms with Crippen molar-refractivity contribution in [2.24, 2.45) is 0 Å². The molecule has 0 bridgehead atoms. The number of halogens is 3. The van der Waals surface area contributed by atoms with E-state index in [-0.39, 0.29) is 12.4 Å². The minimum absolute atomic E-state index is 0.128. The van der Waals surface area contributed by atoms with Crippen LogP contribution in [0.5, 0.6) is 5.75 Å². The SMILES string of the molecule is OCCCSCc1cc(Cl)ccc1OC(F)F. The van der Waals surface area contributed by atoms with E-state index < -0.39 is 6.61 Å². The first-order valence-electron chi connectivity index (χ1n) is 5.05. The third-order valence-corrected chi connectivity index (χ3v) is 3.27. The largest absolute Gasteiger partial charge is 0.435 e. The van der Waals surface area contributed by atoms with Crippen LogP contribution in [0.1, 0.15) is 12.0 Å². The molecule has 0 amide bonds. The van der Waals surface area contributed by atoms with E-state index in [4.69, 9.17) is 16.7 Å². The molecule has 0 aliphatic carbocycles. The Hall–Kier alpha value is -0.520. The second-order valence-corrected chi connectivity index (χ2v) is 4.80. The minimum Gasteiger partial charge on any atom is -0.435 e. The molecule has 0 aliphatic heterocycles. The third-order valence-electron chi connectivity index (χ3n) is 1.94. The maximum atomic E-state index is 12.1. The van der Waals surface area contributed by atoms with Crippen LogP contribution in [0.3, 0.4) is 0 Å². The number of alkyl halides is 2. The molecule has 6 heteroatoms. The van der Waals surface area contributed by atoms with Crippen molar-refractivity contribution in [2.45, 2.75) is 18.8 Å². The molecule has 0 aromatic heterocycles. The second-order valence-electron chi connectivity index (χ2n) is 3.26. The molecule has 17 heavy (non-hydrogen) atoms. The maximum absolute atomic E-state index is 12.1. The summed E-state index contributed by atoms with van der Waals surface area (Å²) in [5, 5.41) is 9.11. The lowest BCUT2D eigenvalue weighted by atomic mass is 10.2. The molecule has 0 fully saturated rings. The Labute approximate surface area is 108 Å². The van der Waals surface area contributed by atoms with Crippen molar-refractivity contribution < 1.29 is 18.6 Å². The van der Waals surface area contributed by atoms with E-state index in [0.717, 1.165) is 5.75 Å². The number of benzene rings is 1. The molecular formula is C11H13ClF2O2S. The first-order valence-corrected chi connectivity index (χ1v) is 6.58. The molecular weight excluding hydrogens is 270 g/mol. The summed E-state index contributed by atoms with van der Waals surface area (Å²) >= 11 is 7.34. The van der Waals surface area contributed by atoms with E-state index in [1.54, 1.807) is 6.07 Å². The summed E-state index contributed by atoms with van der Waals surface area (Å²) < 4.78 is 28.7. The van der Waals surface area contributed by atoms with Gasteiger partial charge >= 0.3 is 6.61 Å². The van der Waals surface area contributed by atoms with Gasteiger partial charge in [-0.25, -0.2) is 0 Å². The summed E-state index contributed by atoms with van der Waals surface area (Å²) in [6, 6.07) is 4.57. The van der Waals surface area contributed by atoms with Gasteiger partial charge < -0.3 is 9.84 Å². The number of hydrogen-bond donors (Lipinski definition) is 1. The molecule has 0 atom stereocenters. The molecule has 0 saturated heterocycles. The molecule has 0 heterocycles. The third kappa shape index (κ3) is 5.57. The highest BCUT2D eigenvalue weighted by molar-refractivity contribution is 7.98. The Morgan fingerprint density at radius 3 is 2.82 bits per heavy atom. The molecule has 0 aliphatic rings. The highest BCUT2D eigenvalue weighted by Gasteiger charge is 2.10. The van der Waals surface area contributed by atoms with E-state index in [9.17, 15) is 8.78 Å². The Balaban J connectivity index is 2.63. The lowest BCUT2D eigenvalue weighted by molar-refractivity contribution is -0.0503. The molecule has 1 N–H and O–H groups in total. The minimum atomic E-state index is -2.84. The summed E-state index contributed by atoms with van der Waals surface area (Å²) in [7, 11) is 0. The first-order chi connectivity index (χ1) is 8.13. The summed E-state index contributed by atoms with van der Waals surface area (Å²) in [6.45, 7) is -2.71. The Morgan fingerprint density at radius 1 is 1.41 bits per heavy atom. The van der Waals surface area contributed by atoms with Crippen LogP contribution in [0.4, 0.5) is 8.78 Å². The standard InChI is InChI=1S/C11H13ClF2O2S/c12-9-2-3-10(16-11(13)14)8(6-9)7-17-5-1-4-15/h2-3,6,11,15H,1,4-5,7H2. The fourth-order valence-corrected chi connectivity index (χ4v) is 2.34. The molecule has 96 valence electrons. The normalized spacial score (nSPS) is 10.9. The first kappa shape index (κ1) is 14.5. The predicted octanol–water partition coefficient (Wildman–Crippen LogP) is 3.56. The lowest BCUT2D eigenvalue weighted by Crippen LogP contribution is -2.04. The smallest absolute Gasteiger partial charge is 0.387 e. The fourth-order valence-electron chi connectivity index (χ4n) is 1.22. The van der Waals surface area contributed by atoms with Crippen molar-refractivity contribution >= 4 is 23.4 Å². The monoisotopic (exact) mass is 282 g/mol. The number of rotatable bonds is 7. The molecule has 0 saturated carbocycles. The van der Waals surface area contributed by atoms with Gasteiger partial charge in [0, 0.05) is 22.9 Å². The van der Waals surface area contributed by atoms with Crippen LogP contribution < -0.4 is 4.74 Å². The van der Waals surface area contributed by atoms with Crippen molar-refractivity contribution in [2.75, 3.05) is 12.4 Å². The van der Waals surface area contributed by atoms with Crippen molar-refractivity contribution in [3.8, 4) is 5.75 Å². The van der Waals surface area contributed by atoms with Crippen LogP contribution in [0.15, 0.2) is 18.2 Å². The second kappa shape index (κ2) is 7.74. The van der Waals surface area contributed by atoms with E-state index >= 15 is 0 Å². The highest BCUT2D eigenvalue weighted by atomic mass is 35.5. The molecule has 0 unspecified atom stereocenters. The van der Waals surface area contributed by atoms with Gasteiger partial charge in [0.2, 0.25) is 0 Å². The van der Waals surface area contributed by atoms with E-state index in [1.165, 1.54) is 23.9 Å². The van der Waals surface area contributed by atoms with Crippen LogP contribution in [0, 0.1) is 0 Å². The Kier molecular flexibility index (Phi) is 6.62. The zero-order valence-corrected chi connectivity index (χ0v) is 10.6. The van der Waals surface area contributed by atoms with Gasteiger partial charge in [0.05, 0.1) is 0 Å². The van der Waals surface area contributed by atoms with E-state index in [1.807, 2.05) is 0 Å². The zero-order chi connectivity index (χ0) is 12.7. The summed E-state index contributed by atoms with van der Waals surface area (Å²) in [5.41, 5.74) is 0.640. The molecule has 2 nitrogen and oxygen atoms in total. The highest BCUT2D eigenvalue weighted by Crippen LogP contribution is 2.28. The van der Waals surface area contributed by atoms with Crippen molar-refractivity contribution in [1.82, 2.24) is 0 Å². The van der Waals surface area contributed by atoms with Gasteiger partial charge in [-0.1, -0.05) is 11.6 Å². The van der Waals surface area contributed by atoms with Crippen LogP contribution in [-0.2, 0) is 5.75 Å². The number of aliphatic hydroxyl groups excluding tert-OH is 1. The number of ether oxygens (including phenoxy) is 1. The Bertz CT molecular complexity index is 350. The lowest BCUT2D eigenvalue weighted by Gasteiger charge is -2.10. The van der Waals surface area contributed by atoms with Gasteiger partial charge in [-0.3, -0.25) is 0 Å². The summed E-state index contributed by atoms with van der Waals surface area (Å²) in [4.78, 5) is 0. The predicted molar refractivity (Wildman–Crippen MR) is 65.9 cm³/mol. The zero-order valence-electron chi connectivity index (χ0n) is 9.04. The van der Waals surface area contributed by atoms with Gasteiger partial charge in [0.15, 0.2) is 0 Å². The number of hydrogen-bond acceptors (Lipinski definition) is 3. The van der Waals surface area contributed by atoms with Crippen molar-refractivity contribution in [3.05, 3.63) is 28.8 Å². The molecule has 1 aromatic rings. The van der Waals surface area contributed by atoms with Crippen molar-refractivity contribution in [3.63, 3.8) is 0 Å². The fraction of sp³-hybridized carbons (Fsp3) is 0.455. The molecule has 0 radical (unpaired) electrons. The Morgan fingerprint density at radius 2 is 2.18 bits per heavy atom. The van der Waals surface area contributed by atoms with Crippen LogP contribution in [0.2, 0.25) is 5.02 Å². The number of aliphatic hydroxyl groups is 1. The summed E-state index contributed by atoms with van der Waals surface area (Å²) in [6.07, 6.45) is 0.677. The topological polar surface area (TPSA) is 29.5 Å². The van der Waals surface area contributed by atoms with Gasteiger partial charge in [0.25, 0.3) is 0 Å². The average Bonchev–Trinajstić information content (AvgIpc) is 2.27. The van der Waals surface area contributed by atoms with Crippen molar-refractivity contribution in [1.29, 1.82) is 0 Å². The van der Waals surface area contributed by atoms with Gasteiger partial charge in [-0.2, -0.15) is 20.5 Å². The van der Waals surface area contributed by atoms with E-state index in [2.05, 4.69) is 4.74 Å². The maximum Gasteiger partial charge on any atom is 0.387 e. The van der Waals surface area contributed by atoms with Crippen LogP contribution >= 0.6 is 23.4 Å². The van der Waals surface area contributed by atoms with E-state index in [0.29, 0.717) is 22.8 Å². The van der Waals surface area contributed by atoms with Crippen LogP contribution in [0.25, 0.3) is 0 Å². The quantitative estimate of drug-likeness (QED) is 0.776. The van der Waals surface area contributed by atoms with Gasteiger partial charge in [-0.05, 0) is 30.4 Å². The molecule has 0 spiro atoms. The average molecular weight is 283 g/mol. The van der Waals surface area contributed by atoms with Crippen LogP contribution in [-0.4, -0.2) is 24.1 Å². The number of thioether (sulfide) groups is 1. The molecule has 1 rings (SSSR count). The summed E-state index contributed by atoms with van der Waals surface area (Å²) in [5.74, 6) is 1.45.